The van der Waals surface area contributed by atoms with E-state index >= 15 is 0 Å². The highest BCUT2D eigenvalue weighted by molar-refractivity contribution is 7.89. The lowest BCUT2D eigenvalue weighted by Gasteiger charge is -2.14. The van der Waals surface area contributed by atoms with Gasteiger partial charge >= 0.3 is 0 Å². The summed E-state index contributed by atoms with van der Waals surface area (Å²) in [6.07, 6.45) is 7.48. The third-order valence-electron chi connectivity index (χ3n) is 8.07. The van der Waals surface area contributed by atoms with Crippen LogP contribution in [0.5, 0.6) is 17.2 Å². The van der Waals surface area contributed by atoms with Crippen LogP contribution in [0, 0.1) is 6.92 Å². The van der Waals surface area contributed by atoms with Crippen LogP contribution < -0.4 is 24.5 Å². The van der Waals surface area contributed by atoms with E-state index in [1.165, 1.54) is 7.11 Å². The Labute approximate surface area is 260 Å². The molecule has 11 heteroatoms. The predicted molar refractivity (Wildman–Crippen MR) is 171 cm³/mol. The first kappa shape index (κ1) is 29.0. The van der Waals surface area contributed by atoms with Crippen molar-refractivity contribution in [3.63, 3.8) is 0 Å². The fraction of sp³-hybridized carbons (Fsp3) is 0.294. The van der Waals surface area contributed by atoms with Crippen molar-refractivity contribution in [1.29, 1.82) is 0 Å². The molecule has 7 rings (SSSR count). The van der Waals surface area contributed by atoms with E-state index in [1.807, 2.05) is 25.3 Å². The second kappa shape index (κ2) is 11.3. The molecule has 0 atom stereocenters. The molecule has 2 saturated carbocycles. The molecule has 0 bridgehead atoms. The number of carbonyl (C=O) groups is 1. The number of benzene rings is 3. The number of sulfonamides is 1. The number of rotatable bonds is 11. The molecule has 0 radical (unpaired) electrons. The number of hydrogen-bond acceptors (Lipinski definition) is 7. The SMILES string of the molecule is COc1ccccc1CC(=O)NS(=O)(=O)Cc1ccc(-n2cc3c(OC4CC4)c4[nH]cccc4c(OC4CC4)c3c2=O)c(C)c1. The van der Waals surface area contributed by atoms with Crippen LogP contribution in [-0.2, 0) is 27.0 Å². The molecule has 0 saturated heterocycles. The summed E-state index contributed by atoms with van der Waals surface area (Å²) in [4.78, 5) is 30.0. The topological polar surface area (TPSA) is 129 Å². The second-order valence-corrected chi connectivity index (χ2v) is 13.5. The number of hydrogen-bond donors (Lipinski definition) is 2. The Morgan fingerprint density at radius 3 is 2.42 bits per heavy atom. The van der Waals surface area contributed by atoms with Gasteiger partial charge in [-0.25, -0.2) is 8.42 Å². The normalized spacial score (nSPS) is 14.9. The average molecular weight is 628 g/mol. The number of carbonyl (C=O) groups excluding carboxylic acids is 1. The molecule has 2 fully saturated rings. The van der Waals surface area contributed by atoms with Crippen LogP contribution in [0.15, 0.2) is 71.8 Å². The van der Waals surface area contributed by atoms with Crippen molar-refractivity contribution in [2.75, 3.05) is 7.11 Å². The van der Waals surface area contributed by atoms with E-state index in [0.29, 0.717) is 50.4 Å². The second-order valence-electron chi connectivity index (χ2n) is 11.7. The summed E-state index contributed by atoms with van der Waals surface area (Å²) in [6, 6.07) is 15.9. The Bertz CT molecular complexity index is 2130. The van der Waals surface area contributed by atoms with Gasteiger partial charge in [0.1, 0.15) is 11.5 Å². The number of aromatic nitrogens is 2. The molecular weight excluding hydrogens is 594 g/mol. The summed E-state index contributed by atoms with van der Waals surface area (Å²) in [6.45, 7) is 1.82. The van der Waals surface area contributed by atoms with Crippen LogP contribution in [0.1, 0.15) is 42.4 Å². The van der Waals surface area contributed by atoms with E-state index in [9.17, 15) is 18.0 Å². The van der Waals surface area contributed by atoms with E-state index in [-0.39, 0.29) is 24.2 Å². The number of nitrogens with zero attached hydrogens (tertiary/aromatic N) is 1. The van der Waals surface area contributed by atoms with Gasteiger partial charge in [0.2, 0.25) is 15.9 Å². The van der Waals surface area contributed by atoms with Gasteiger partial charge in [0, 0.05) is 23.3 Å². The van der Waals surface area contributed by atoms with Crippen molar-refractivity contribution in [3.8, 4) is 22.9 Å². The molecule has 2 aliphatic carbocycles. The van der Waals surface area contributed by atoms with E-state index < -0.39 is 21.7 Å². The number of para-hydroxylation sites is 1. The standard InChI is InChI=1S/C34H33N3O7S/c1-20-16-21(19-45(40,41)36-29(38)17-22-6-3-4-8-28(22)42-2)9-14-27(20)37-18-26-30(34(37)39)32(43-23-10-11-23)25-7-5-15-35-31(25)33(26)44-24-12-13-24/h3-9,14-16,18,23-24,35H,10-13,17,19H2,1-2H3,(H,36,38). The van der Waals surface area contributed by atoms with E-state index in [2.05, 4.69) is 9.71 Å². The number of aryl methyl sites for hydroxylation is 1. The van der Waals surface area contributed by atoms with E-state index in [1.54, 1.807) is 53.2 Å². The summed E-state index contributed by atoms with van der Waals surface area (Å²) in [7, 11) is -2.49. The zero-order chi connectivity index (χ0) is 31.3. The Kier molecular flexibility index (Phi) is 7.27. The molecule has 0 spiro atoms. The molecule has 2 N–H and O–H groups in total. The number of H-pyrrole nitrogens is 1. The van der Waals surface area contributed by atoms with Crippen molar-refractivity contribution in [2.24, 2.45) is 0 Å². The van der Waals surface area contributed by atoms with Gasteiger partial charge in [-0.3, -0.25) is 18.9 Å². The van der Waals surface area contributed by atoms with Gasteiger partial charge in [-0.1, -0.05) is 30.3 Å². The predicted octanol–water partition coefficient (Wildman–Crippen LogP) is 5.06. The van der Waals surface area contributed by atoms with Gasteiger partial charge in [-0.2, -0.15) is 0 Å². The maximum atomic E-state index is 14.1. The number of nitrogens with one attached hydrogen (secondary N) is 2. The molecule has 232 valence electrons. The molecule has 0 aliphatic heterocycles. The Balaban J connectivity index is 1.20. The number of ether oxygens (including phenoxy) is 3. The molecule has 0 unspecified atom stereocenters. The highest BCUT2D eigenvalue weighted by Gasteiger charge is 2.31. The van der Waals surface area contributed by atoms with Crippen LogP contribution in [0.4, 0.5) is 0 Å². The number of pyridine rings is 1. The summed E-state index contributed by atoms with van der Waals surface area (Å²) in [5.74, 6) is 0.641. The van der Waals surface area contributed by atoms with Crippen molar-refractivity contribution >= 4 is 37.6 Å². The molecule has 3 aromatic carbocycles. The lowest BCUT2D eigenvalue weighted by Crippen LogP contribution is -2.32. The quantitative estimate of drug-likeness (QED) is 0.210. The number of amides is 1. The van der Waals surface area contributed by atoms with Crippen LogP contribution in [-0.4, -0.2) is 43.2 Å². The molecule has 2 aliphatic rings. The first-order chi connectivity index (χ1) is 21.7. The van der Waals surface area contributed by atoms with Gasteiger partial charge in [-0.15, -0.1) is 0 Å². The van der Waals surface area contributed by atoms with Crippen molar-refractivity contribution in [2.45, 2.75) is 57.0 Å². The highest BCUT2D eigenvalue weighted by atomic mass is 32.2. The monoisotopic (exact) mass is 627 g/mol. The fourth-order valence-electron chi connectivity index (χ4n) is 5.66. The third-order valence-corrected chi connectivity index (χ3v) is 9.32. The lowest BCUT2D eigenvalue weighted by atomic mass is 10.1. The van der Waals surface area contributed by atoms with Gasteiger partial charge in [0.05, 0.1) is 53.5 Å². The first-order valence-electron chi connectivity index (χ1n) is 15.0. The zero-order valence-electron chi connectivity index (χ0n) is 25.0. The lowest BCUT2D eigenvalue weighted by molar-refractivity contribution is -0.118. The number of aromatic amines is 1. The maximum absolute atomic E-state index is 14.1. The Morgan fingerprint density at radius 2 is 1.71 bits per heavy atom. The Morgan fingerprint density at radius 1 is 0.978 bits per heavy atom. The highest BCUT2D eigenvalue weighted by Crippen LogP contribution is 2.45. The molecule has 10 nitrogen and oxygen atoms in total. The minimum Gasteiger partial charge on any atom is -0.496 e. The summed E-state index contributed by atoms with van der Waals surface area (Å²) in [5, 5.41) is 1.93. The van der Waals surface area contributed by atoms with Crippen LogP contribution in [0.2, 0.25) is 0 Å². The van der Waals surface area contributed by atoms with Crippen LogP contribution in [0.25, 0.3) is 27.4 Å². The molecule has 1 amide bonds. The van der Waals surface area contributed by atoms with E-state index in [4.69, 9.17) is 14.2 Å². The smallest absolute Gasteiger partial charge is 0.266 e. The average Bonchev–Trinajstić information content (AvgIpc) is 3.95. The summed E-state index contributed by atoms with van der Waals surface area (Å²) in [5.41, 5.74) is 2.93. The van der Waals surface area contributed by atoms with Crippen LogP contribution >= 0.6 is 0 Å². The third kappa shape index (κ3) is 5.87. The van der Waals surface area contributed by atoms with Crippen molar-refractivity contribution < 1.29 is 27.4 Å². The summed E-state index contributed by atoms with van der Waals surface area (Å²) >= 11 is 0. The Hall–Kier alpha value is -4.77. The molecule has 2 heterocycles. The van der Waals surface area contributed by atoms with Crippen LogP contribution in [0.3, 0.4) is 0 Å². The molecule has 45 heavy (non-hydrogen) atoms. The van der Waals surface area contributed by atoms with Gasteiger partial charge < -0.3 is 19.2 Å². The van der Waals surface area contributed by atoms with Crippen molar-refractivity contribution in [3.05, 3.63) is 94.0 Å². The first-order valence-corrected chi connectivity index (χ1v) is 16.6. The number of fused-ring (bicyclic) bond motifs is 2. The van der Waals surface area contributed by atoms with E-state index in [0.717, 1.165) is 36.6 Å². The fourth-order valence-corrected chi connectivity index (χ4v) is 6.77. The van der Waals surface area contributed by atoms with Gasteiger partial charge in [-0.05, 0) is 68.0 Å². The largest absolute Gasteiger partial charge is 0.496 e. The molecule has 5 aromatic rings. The maximum Gasteiger partial charge on any atom is 0.266 e. The minimum atomic E-state index is -3.99. The van der Waals surface area contributed by atoms with Gasteiger partial charge in [0.15, 0.2) is 5.75 Å². The van der Waals surface area contributed by atoms with Gasteiger partial charge in [0.25, 0.3) is 5.56 Å². The minimum absolute atomic E-state index is 0.0766. The molecule has 2 aromatic heterocycles. The number of methoxy groups -OCH3 is 1. The summed E-state index contributed by atoms with van der Waals surface area (Å²) < 4.78 is 47.6. The zero-order valence-corrected chi connectivity index (χ0v) is 25.8. The molecular formula is C34H33N3O7S. The van der Waals surface area contributed by atoms with Crippen molar-refractivity contribution in [1.82, 2.24) is 14.3 Å².